The first kappa shape index (κ1) is 13.0. The Morgan fingerprint density at radius 3 is 3.00 bits per heavy atom. The van der Waals surface area contributed by atoms with Gasteiger partial charge in [0.2, 0.25) is 0 Å². The van der Waals surface area contributed by atoms with Crippen molar-refractivity contribution >= 4 is 11.8 Å². The van der Waals surface area contributed by atoms with Gasteiger partial charge in [-0.2, -0.15) is 0 Å². The fourth-order valence-corrected chi connectivity index (χ4v) is 1.35. The summed E-state index contributed by atoms with van der Waals surface area (Å²) in [5.74, 6) is 0.718. The minimum absolute atomic E-state index is 0.0731. The number of aromatic carboxylic acids is 1. The zero-order valence-electron chi connectivity index (χ0n) is 9.40. The van der Waals surface area contributed by atoms with Gasteiger partial charge in [0.1, 0.15) is 17.2 Å². The average Bonchev–Trinajstić information content (AvgIpc) is 2.30. The maximum atomic E-state index is 12.9. The van der Waals surface area contributed by atoms with Crippen molar-refractivity contribution in [2.75, 3.05) is 5.32 Å². The Labute approximate surface area is 98.9 Å². The van der Waals surface area contributed by atoms with Crippen molar-refractivity contribution in [1.29, 1.82) is 0 Å². The third kappa shape index (κ3) is 3.45. The normalized spacial score (nSPS) is 11.6. The molecule has 0 aromatic carbocycles. The van der Waals surface area contributed by atoms with E-state index < -0.39 is 11.8 Å². The fraction of sp³-hybridized carbons (Fsp3) is 0.333. The van der Waals surface area contributed by atoms with Gasteiger partial charge in [-0.25, -0.2) is 14.2 Å². The SMILES string of the molecule is C#CCC(CC)Nc1ncc(F)cc1C(=O)O. The molecule has 0 radical (unpaired) electrons. The number of terminal acetylenes is 1. The second kappa shape index (κ2) is 5.85. The third-order valence-electron chi connectivity index (χ3n) is 2.28. The van der Waals surface area contributed by atoms with Crippen molar-refractivity contribution in [2.24, 2.45) is 0 Å². The summed E-state index contributed by atoms with van der Waals surface area (Å²) in [6, 6.07) is 0.858. The molecule has 17 heavy (non-hydrogen) atoms. The van der Waals surface area contributed by atoms with E-state index in [-0.39, 0.29) is 17.4 Å². The Morgan fingerprint density at radius 1 is 1.76 bits per heavy atom. The number of hydrogen-bond donors (Lipinski definition) is 2. The number of nitrogens with one attached hydrogen (secondary N) is 1. The summed E-state index contributed by atoms with van der Waals surface area (Å²) in [6.45, 7) is 1.92. The smallest absolute Gasteiger partial charge is 0.339 e. The van der Waals surface area contributed by atoms with Gasteiger partial charge in [0.05, 0.1) is 6.20 Å². The van der Waals surface area contributed by atoms with E-state index in [0.29, 0.717) is 6.42 Å². The molecule has 1 heterocycles. The number of carboxylic acid groups (broad SMARTS) is 1. The molecule has 0 spiro atoms. The van der Waals surface area contributed by atoms with Crippen molar-refractivity contribution in [2.45, 2.75) is 25.8 Å². The molecule has 0 fully saturated rings. The highest BCUT2D eigenvalue weighted by Crippen LogP contribution is 2.16. The predicted octanol–water partition coefficient (Wildman–Crippen LogP) is 2.13. The minimum atomic E-state index is -1.23. The molecule has 0 aliphatic heterocycles. The molecule has 1 aromatic rings. The van der Waals surface area contributed by atoms with Crippen LogP contribution in [0, 0.1) is 18.2 Å². The maximum Gasteiger partial charge on any atom is 0.339 e. The van der Waals surface area contributed by atoms with Crippen molar-refractivity contribution in [1.82, 2.24) is 4.98 Å². The summed E-state index contributed by atoms with van der Waals surface area (Å²) in [6.07, 6.45) is 7.34. The van der Waals surface area contributed by atoms with Gasteiger partial charge in [0.25, 0.3) is 0 Å². The zero-order valence-corrected chi connectivity index (χ0v) is 9.40. The van der Waals surface area contributed by atoms with E-state index in [0.717, 1.165) is 18.7 Å². The largest absolute Gasteiger partial charge is 0.478 e. The molecule has 90 valence electrons. The molecular formula is C12H13FN2O2. The fourth-order valence-electron chi connectivity index (χ4n) is 1.35. The van der Waals surface area contributed by atoms with Gasteiger partial charge in [-0.3, -0.25) is 0 Å². The molecule has 5 heteroatoms. The van der Waals surface area contributed by atoms with Crippen LogP contribution in [0.1, 0.15) is 30.1 Å². The van der Waals surface area contributed by atoms with Crippen LogP contribution in [0.4, 0.5) is 10.2 Å². The number of aromatic nitrogens is 1. The third-order valence-corrected chi connectivity index (χ3v) is 2.28. The second-order valence-corrected chi connectivity index (χ2v) is 3.51. The molecule has 0 bridgehead atoms. The summed E-state index contributed by atoms with van der Waals surface area (Å²) in [5, 5.41) is 11.8. The monoisotopic (exact) mass is 236 g/mol. The average molecular weight is 236 g/mol. The van der Waals surface area contributed by atoms with E-state index in [2.05, 4.69) is 16.2 Å². The number of carboxylic acids is 1. The van der Waals surface area contributed by atoms with Gasteiger partial charge in [-0.05, 0) is 12.5 Å². The van der Waals surface area contributed by atoms with E-state index in [9.17, 15) is 9.18 Å². The van der Waals surface area contributed by atoms with Gasteiger partial charge < -0.3 is 10.4 Å². The Morgan fingerprint density at radius 2 is 2.47 bits per heavy atom. The molecule has 0 amide bonds. The lowest BCUT2D eigenvalue weighted by atomic mass is 10.1. The van der Waals surface area contributed by atoms with Crippen LogP contribution < -0.4 is 5.32 Å². The molecule has 2 N–H and O–H groups in total. The highest BCUT2D eigenvalue weighted by molar-refractivity contribution is 5.93. The van der Waals surface area contributed by atoms with Crippen LogP contribution in [-0.4, -0.2) is 22.1 Å². The van der Waals surface area contributed by atoms with Crippen LogP contribution in [0.25, 0.3) is 0 Å². The number of anilines is 1. The molecule has 1 unspecified atom stereocenters. The number of carbonyl (C=O) groups is 1. The van der Waals surface area contributed by atoms with Gasteiger partial charge in [0, 0.05) is 12.5 Å². The van der Waals surface area contributed by atoms with E-state index in [4.69, 9.17) is 11.5 Å². The van der Waals surface area contributed by atoms with Gasteiger partial charge in [-0.1, -0.05) is 6.92 Å². The molecule has 0 saturated heterocycles. The summed E-state index contributed by atoms with van der Waals surface area (Å²) in [7, 11) is 0. The molecule has 1 atom stereocenters. The summed E-state index contributed by atoms with van der Waals surface area (Å²) in [4.78, 5) is 14.6. The van der Waals surface area contributed by atoms with Crippen LogP contribution in [-0.2, 0) is 0 Å². The molecule has 4 nitrogen and oxygen atoms in total. The Hall–Kier alpha value is -2.09. The van der Waals surface area contributed by atoms with E-state index in [1.807, 2.05) is 6.92 Å². The van der Waals surface area contributed by atoms with Gasteiger partial charge in [-0.15, -0.1) is 12.3 Å². The number of pyridine rings is 1. The lowest BCUT2D eigenvalue weighted by molar-refractivity contribution is 0.0697. The Bertz CT molecular complexity index is 454. The lowest BCUT2D eigenvalue weighted by Crippen LogP contribution is -2.20. The van der Waals surface area contributed by atoms with E-state index in [1.54, 1.807) is 0 Å². The standard InChI is InChI=1S/C12H13FN2O2/c1-3-5-9(4-2)15-11-10(12(16)17)6-8(13)7-14-11/h1,6-7,9H,4-5H2,2H3,(H,14,15)(H,16,17). The Balaban J connectivity index is 2.97. The van der Waals surface area contributed by atoms with Crippen LogP contribution in [0.15, 0.2) is 12.3 Å². The van der Waals surface area contributed by atoms with Crippen LogP contribution >= 0.6 is 0 Å². The molecule has 0 aliphatic rings. The molecular weight excluding hydrogens is 223 g/mol. The highest BCUT2D eigenvalue weighted by Gasteiger charge is 2.15. The summed E-state index contributed by atoms with van der Waals surface area (Å²) in [5.41, 5.74) is -0.194. The van der Waals surface area contributed by atoms with Crippen molar-refractivity contribution < 1.29 is 14.3 Å². The second-order valence-electron chi connectivity index (χ2n) is 3.51. The first-order valence-electron chi connectivity index (χ1n) is 5.17. The quantitative estimate of drug-likeness (QED) is 0.769. The number of hydrogen-bond acceptors (Lipinski definition) is 3. The molecule has 0 aliphatic carbocycles. The number of nitrogens with zero attached hydrogens (tertiary/aromatic N) is 1. The molecule has 0 saturated carbocycles. The topological polar surface area (TPSA) is 62.2 Å². The highest BCUT2D eigenvalue weighted by atomic mass is 19.1. The van der Waals surface area contributed by atoms with E-state index in [1.165, 1.54) is 0 Å². The first-order chi connectivity index (χ1) is 8.08. The number of halogens is 1. The van der Waals surface area contributed by atoms with Crippen LogP contribution in [0.5, 0.6) is 0 Å². The van der Waals surface area contributed by atoms with Crippen molar-refractivity contribution in [3.8, 4) is 12.3 Å². The summed E-state index contributed by atoms with van der Waals surface area (Å²) >= 11 is 0. The van der Waals surface area contributed by atoms with Gasteiger partial charge >= 0.3 is 5.97 Å². The zero-order chi connectivity index (χ0) is 12.8. The first-order valence-corrected chi connectivity index (χ1v) is 5.17. The van der Waals surface area contributed by atoms with Crippen molar-refractivity contribution in [3.05, 3.63) is 23.6 Å². The van der Waals surface area contributed by atoms with E-state index >= 15 is 0 Å². The Kier molecular flexibility index (Phi) is 4.46. The van der Waals surface area contributed by atoms with Gasteiger partial charge in [0.15, 0.2) is 0 Å². The molecule has 1 rings (SSSR count). The van der Waals surface area contributed by atoms with Crippen molar-refractivity contribution in [3.63, 3.8) is 0 Å². The predicted molar refractivity (Wildman–Crippen MR) is 62.3 cm³/mol. The maximum absolute atomic E-state index is 12.9. The van der Waals surface area contributed by atoms with Crippen LogP contribution in [0.3, 0.4) is 0 Å². The summed E-state index contributed by atoms with van der Waals surface area (Å²) < 4.78 is 12.9. The minimum Gasteiger partial charge on any atom is -0.478 e. The molecule has 1 aromatic heterocycles. The lowest BCUT2D eigenvalue weighted by Gasteiger charge is -2.16. The number of rotatable bonds is 5. The van der Waals surface area contributed by atoms with Crippen LogP contribution in [0.2, 0.25) is 0 Å².